The monoisotopic (exact) mass is 320 g/mol. The van der Waals surface area contributed by atoms with E-state index < -0.39 is 0 Å². The highest BCUT2D eigenvalue weighted by Gasteiger charge is 2.31. The predicted molar refractivity (Wildman–Crippen MR) is 95.6 cm³/mol. The second-order valence-corrected chi connectivity index (χ2v) is 6.85. The molecule has 0 aromatic heterocycles. The Morgan fingerprint density at radius 2 is 1.95 bits per heavy atom. The topological polar surface area (TPSA) is 23.6 Å². The lowest BCUT2D eigenvalue weighted by atomic mass is 10.2. The molecule has 1 saturated heterocycles. The van der Waals surface area contributed by atoms with Gasteiger partial charge >= 0.3 is 0 Å². The number of thioether (sulfide) groups is 1. The van der Waals surface area contributed by atoms with E-state index in [0.717, 1.165) is 30.6 Å². The van der Waals surface area contributed by atoms with E-state index in [-0.39, 0.29) is 5.91 Å². The molecule has 1 aliphatic rings. The Hall–Kier alpha value is -1.33. The highest BCUT2D eigenvalue weighted by Crippen LogP contribution is 2.32. The predicted octanol–water partition coefficient (Wildman–Crippen LogP) is 3.75. The number of thiocarbonyl (C=S) groups is 1. The van der Waals surface area contributed by atoms with E-state index in [1.165, 1.54) is 11.8 Å². The highest BCUT2D eigenvalue weighted by molar-refractivity contribution is 8.26. The normalized spacial score (nSPS) is 16.9. The van der Waals surface area contributed by atoms with Crippen LogP contribution in [-0.2, 0) is 4.79 Å². The summed E-state index contributed by atoms with van der Waals surface area (Å²) in [6.45, 7) is 2.83. The summed E-state index contributed by atoms with van der Waals surface area (Å²) in [5.41, 5.74) is 2.17. The molecule has 0 spiro atoms. The fourth-order valence-electron chi connectivity index (χ4n) is 2.03. The molecule has 0 N–H and O–H groups in total. The van der Waals surface area contributed by atoms with Gasteiger partial charge in [-0.2, -0.15) is 0 Å². The van der Waals surface area contributed by atoms with Crippen molar-refractivity contribution in [3.8, 4) is 0 Å². The molecule has 0 saturated carbocycles. The summed E-state index contributed by atoms with van der Waals surface area (Å²) in [5, 5.41) is 0. The zero-order valence-electron chi connectivity index (χ0n) is 12.6. The van der Waals surface area contributed by atoms with Gasteiger partial charge in [-0.25, -0.2) is 0 Å². The molecule has 112 valence electrons. The molecule has 1 aromatic carbocycles. The van der Waals surface area contributed by atoms with Crippen molar-refractivity contribution in [2.24, 2.45) is 0 Å². The van der Waals surface area contributed by atoms with E-state index in [2.05, 4.69) is 6.92 Å². The van der Waals surface area contributed by atoms with Crippen LogP contribution < -0.4 is 4.90 Å². The Kier molecular flexibility index (Phi) is 5.42. The Morgan fingerprint density at radius 1 is 1.29 bits per heavy atom. The van der Waals surface area contributed by atoms with Gasteiger partial charge in [-0.15, -0.1) is 0 Å². The Labute approximate surface area is 136 Å². The zero-order chi connectivity index (χ0) is 15.4. The molecule has 0 unspecified atom stereocenters. The van der Waals surface area contributed by atoms with Gasteiger partial charge in [-0.1, -0.05) is 49.5 Å². The lowest BCUT2D eigenvalue weighted by Crippen LogP contribution is -2.28. The van der Waals surface area contributed by atoms with Gasteiger partial charge in [-0.05, 0) is 30.2 Å². The van der Waals surface area contributed by atoms with Crippen LogP contribution in [0.2, 0.25) is 0 Å². The van der Waals surface area contributed by atoms with Gasteiger partial charge in [0.15, 0.2) is 0 Å². The Morgan fingerprint density at radius 3 is 2.52 bits per heavy atom. The maximum Gasteiger partial charge on any atom is 0.266 e. The number of carbonyl (C=O) groups excluding carboxylic acids is 1. The van der Waals surface area contributed by atoms with E-state index in [1.807, 2.05) is 49.3 Å². The molecule has 21 heavy (non-hydrogen) atoms. The number of hydrogen-bond acceptors (Lipinski definition) is 4. The lowest BCUT2D eigenvalue weighted by molar-refractivity contribution is -0.122. The number of unbranched alkanes of at least 4 members (excludes halogenated alkanes) is 1. The van der Waals surface area contributed by atoms with Crippen LogP contribution in [0, 0.1) is 0 Å². The van der Waals surface area contributed by atoms with Gasteiger partial charge in [0.05, 0.1) is 4.91 Å². The van der Waals surface area contributed by atoms with Crippen molar-refractivity contribution in [3.63, 3.8) is 0 Å². The van der Waals surface area contributed by atoms with Crippen LogP contribution >= 0.6 is 24.0 Å². The van der Waals surface area contributed by atoms with E-state index in [4.69, 9.17) is 12.2 Å². The molecule has 2 rings (SSSR count). The molecule has 1 fully saturated rings. The fraction of sp³-hybridized carbons (Fsp3) is 0.375. The number of amides is 1. The van der Waals surface area contributed by atoms with Crippen LogP contribution in [-0.4, -0.2) is 35.8 Å². The van der Waals surface area contributed by atoms with Crippen molar-refractivity contribution in [1.29, 1.82) is 0 Å². The van der Waals surface area contributed by atoms with Crippen molar-refractivity contribution in [3.05, 3.63) is 34.7 Å². The van der Waals surface area contributed by atoms with Crippen LogP contribution in [0.15, 0.2) is 29.2 Å². The summed E-state index contributed by atoms with van der Waals surface area (Å²) in [7, 11) is 4.02. The second-order valence-electron chi connectivity index (χ2n) is 5.17. The molecular formula is C16H20N2OS2. The minimum Gasteiger partial charge on any atom is -0.378 e. The first-order valence-electron chi connectivity index (χ1n) is 7.05. The molecule has 3 nitrogen and oxygen atoms in total. The number of nitrogens with zero attached hydrogens (tertiary/aromatic N) is 2. The van der Waals surface area contributed by atoms with Crippen LogP contribution in [0.5, 0.6) is 0 Å². The zero-order valence-corrected chi connectivity index (χ0v) is 14.3. The summed E-state index contributed by atoms with van der Waals surface area (Å²) in [6, 6.07) is 8.13. The quantitative estimate of drug-likeness (QED) is 0.609. The van der Waals surface area contributed by atoms with Crippen LogP contribution in [0.25, 0.3) is 6.08 Å². The summed E-state index contributed by atoms with van der Waals surface area (Å²) in [4.78, 5) is 16.8. The first-order valence-corrected chi connectivity index (χ1v) is 8.28. The Bertz CT molecular complexity index is 564. The molecule has 5 heteroatoms. The number of anilines is 1. The smallest absolute Gasteiger partial charge is 0.266 e. The SMILES string of the molecule is CCCCN1C(=O)C(=Cc2ccc(N(C)C)cc2)SC1=S. The van der Waals surface area contributed by atoms with E-state index in [9.17, 15) is 4.79 Å². The first-order chi connectivity index (χ1) is 10.0. The molecule has 0 bridgehead atoms. The standard InChI is InChI=1S/C16H20N2OS2/c1-4-5-10-18-15(19)14(21-16(18)20)11-12-6-8-13(9-7-12)17(2)3/h6-9,11H,4-5,10H2,1-3H3. The maximum absolute atomic E-state index is 12.3. The molecular weight excluding hydrogens is 300 g/mol. The summed E-state index contributed by atoms with van der Waals surface area (Å²) in [6.07, 6.45) is 3.96. The molecule has 1 heterocycles. The average molecular weight is 320 g/mol. The van der Waals surface area contributed by atoms with Crippen molar-refractivity contribution >= 4 is 46.0 Å². The van der Waals surface area contributed by atoms with Gasteiger partial charge < -0.3 is 4.90 Å². The molecule has 1 aromatic rings. The molecule has 0 atom stereocenters. The van der Waals surface area contributed by atoms with Crippen molar-refractivity contribution in [2.75, 3.05) is 25.5 Å². The summed E-state index contributed by atoms with van der Waals surface area (Å²) < 4.78 is 0.671. The molecule has 0 radical (unpaired) electrons. The second kappa shape index (κ2) is 7.09. The Balaban J connectivity index is 2.14. The highest BCUT2D eigenvalue weighted by atomic mass is 32.2. The van der Waals surface area contributed by atoms with Gasteiger partial charge in [0.1, 0.15) is 4.32 Å². The summed E-state index contributed by atoms with van der Waals surface area (Å²) in [5.74, 6) is 0.0372. The number of carbonyl (C=O) groups is 1. The maximum atomic E-state index is 12.3. The van der Waals surface area contributed by atoms with Gasteiger partial charge in [-0.3, -0.25) is 9.69 Å². The van der Waals surface area contributed by atoms with Crippen LogP contribution in [0.1, 0.15) is 25.3 Å². The van der Waals surface area contributed by atoms with Gasteiger partial charge in [0.25, 0.3) is 5.91 Å². The summed E-state index contributed by atoms with van der Waals surface area (Å²) >= 11 is 6.70. The van der Waals surface area contributed by atoms with Crippen molar-refractivity contribution < 1.29 is 4.79 Å². The van der Waals surface area contributed by atoms with Crippen molar-refractivity contribution in [1.82, 2.24) is 4.90 Å². The number of hydrogen-bond donors (Lipinski definition) is 0. The van der Waals surface area contributed by atoms with Gasteiger partial charge in [0.2, 0.25) is 0 Å². The molecule has 1 amide bonds. The lowest BCUT2D eigenvalue weighted by Gasteiger charge is -2.13. The average Bonchev–Trinajstić information content (AvgIpc) is 2.72. The van der Waals surface area contributed by atoms with E-state index in [1.54, 1.807) is 4.90 Å². The molecule has 0 aliphatic carbocycles. The third-order valence-electron chi connectivity index (χ3n) is 3.32. The minimum absolute atomic E-state index is 0.0372. The third kappa shape index (κ3) is 3.86. The number of rotatable bonds is 5. The minimum atomic E-state index is 0.0372. The fourth-order valence-corrected chi connectivity index (χ4v) is 3.34. The first kappa shape index (κ1) is 16.0. The van der Waals surface area contributed by atoms with E-state index in [0.29, 0.717) is 9.23 Å². The van der Waals surface area contributed by atoms with Crippen molar-refractivity contribution in [2.45, 2.75) is 19.8 Å². The third-order valence-corrected chi connectivity index (χ3v) is 4.69. The van der Waals surface area contributed by atoms with Gasteiger partial charge in [0, 0.05) is 26.3 Å². The molecule has 1 aliphatic heterocycles. The number of benzene rings is 1. The van der Waals surface area contributed by atoms with Crippen LogP contribution in [0.4, 0.5) is 5.69 Å². The van der Waals surface area contributed by atoms with Crippen LogP contribution in [0.3, 0.4) is 0 Å². The van der Waals surface area contributed by atoms with E-state index >= 15 is 0 Å². The largest absolute Gasteiger partial charge is 0.378 e.